The Bertz CT molecular complexity index is 932. The number of hydrogen-bond acceptors (Lipinski definition) is 3. The lowest BCUT2D eigenvalue weighted by Crippen LogP contribution is -2.22. The number of aromatic nitrogens is 2. The molecule has 3 aromatic rings. The molecule has 0 fully saturated rings. The molecular weight excluding hydrogens is 366 g/mol. The van der Waals surface area contributed by atoms with Gasteiger partial charge < -0.3 is 0 Å². The fourth-order valence-corrected chi connectivity index (χ4v) is 2.84. The van der Waals surface area contributed by atoms with Crippen LogP contribution in [0.4, 0.5) is 0 Å². The summed E-state index contributed by atoms with van der Waals surface area (Å²) in [7, 11) is 0. The lowest BCUT2D eigenvalue weighted by Gasteiger charge is -2.09. The average Bonchev–Trinajstić information content (AvgIpc) is 2.61. The summed E-state index contributed by atoms with van der Waals surface area (Å²) in [5, 5.41) is 4.97. The largest absolute Gasteiger partial charge is 0.282 e. The molecule has 1 aromatic heterocycles. The summed E-state index contributed by atoms with van der Waals surface area (Å²) >= 11 is 3.41. The van der Waals surface area contributed by atoms with Crippen LogP contribution in [-0.2, 0) is 6.42 Å². The van der Waals surface area contributed by atoms with Crippen LogP contribution in [0.3, 0.4) is 0 Å². The van der Waals surface area contributed by atoms with Crippen LogP contribution in [0.5, 0.6) is 0 Å². The van der Waals surface area contributed by atoms with E-state index >= 15 is 0 Å². The Morgan fingerprint density at radius 1 is 1.21 bits per heavy atom. The van der Waals surface area contributed by atoms with E-state index in [9.17, 15) is 4.79 Å². The van der Waals surface area contributed by atoms with E-state index in [2.05, 4.69) is 32.9 Å². The number of nitrogens with zero attached hydrogens (tertiary/aromatic N) is 3. The maximum atomic E-state index is 12.9. The molecule has 0 amide bonds. The highest BCUT2D eigenvalue weighted by molar-refractivity contribution is 9.10. The number of benzene rings is 2. The van der Waals surface area contributed by atoms with Crippen LogP contribution in [-0.4, -0.2) is 15.9 Å². The molecule has 0 atom stereocenters. The van der Waals surface area contributed by atoms with Crippen molar-refractivity contribution in [2.24, 2.45) is 5.10 Å². The van der Waals surface area contributed by atoms with E-state index in [-0.39, 0.29) is 5.56 Å². The van der Waals surface area contributed by atoms with Crippen molar-refractivity contribution in [3.63, 3.8) is 0 Å². The van der Waals surface area contributed by atoms with Crippen LogP contribution in [0, 0.1) is 0 Å². The number of unbranched alkanes of at least 4 members (excludes halogenated alkanes) is 1. The van der Waals surface area contributed by atoms with Gasteiger partial charge >= 0.3 is 0 Å². The molecule has 0 unspecified atom stereocenters. The van der Waals surface area contributed by atoms with Crippen molar-refractivity contribution in [2.75, 3.05) is 0 Å². The average molecular weight is 384 g/mol. The van der Waals surface area contributed by atoms with Gasteiger partial charge in [-0.15, -0.1) is 0 Å². The summed E-state index contributed by atoms with van der Waals surface area (Å²) in [4.78, 5) is 17.5. The Labute approximate surface area is 149 Å². The first kappa shape index (κ1) is 16.6. The molecule has 5 heteroatoms. The van der Waals surface area contributed by atoms with Crippen LogP contribution < -0.4 is 5.56 Å². The fraction of sp³-hybridized carbons (Fsp3) is 0.211. The van der Waals surface area contributed by atoms with Gasteiger partial charge in [0.15, 0.2) is 0 Å². The third kappa shape index (κ3) is 3.62. The Morgan fingerprint density at radius 2 is 2.00 bits per heavy atom. The molecule has 2 aromatic carbocycles. The van der Waals surface area contributed by atoms with Gasteiger partial charge in [-0.1, -0.05) is 59.6 Å². The van der Waals surface area contributed by atoms with Crippen molar-refractivity contribution in [3.8, 4) is 0 Å². The minimum Gasteiger partial charge on any atom is -0.267 e. The van der Waals surface area contributed by atoms with Crippen molar-refractivity contribution in [1.82, 2.24) is 9.66 Å². The van der Waals surface area contributed by atoms with Crippen molar-refractivity contribution in [2.45, 2.75) is 26.2 Å². The van der Waals surface area contributed by atoms with Gasteiger partial charge in [0.2, 0.25) is 0 Å². The van der Waals surface area contributed by atoms with E-state index in [0.29, 0.717) is 16.7 Å². The predicted octanol–water partition coefficient (Wildman–Crippen LogP) is 4.38. The van der Waals surface area contributed by atoms with Gasteiger partial charge in [-0.3, -0.25) is 4.79 Å². The van der Waals surface area contributed by atoms with Crippen molar-refractivity contribution in [3.05, 3.63) is 74.7 Å². The van der Waals surface area contributed by atoms with E-state index in [1.165, 1.54) is 4.68 Å². The maximum absolute atomic E-state index is 12.9. The normalized spacial score (nSPS) is 11.4. The van der Waals surface area contributed by atoms with Crippen LogP contribution in [0.25, 0.3) is 10.9 Å². The highest BCUT2D eigenvalue weighted by Crippen LogP contribution is 2.16. The van der Waals surface area contributed by atoms with Gasteiger partial charge in [0, 0.05) is 10.9 Å². The number of hydrogen-bond donors (Lipinski definition) is 0. The van der Waals surface area contributed by atoms with Crippen LogP contribution in [0.2, 0.25) is 0 Å². The molecular formula is C19H18BrN3O. The Kier molecular flexibility index (Phi) is 5.20. The molecule has 0 saturated heterocycles. The lowest BCUT2D eigenvalue weighted by atomic mass is 10.2. The molecule has 0 aliphatic heterocycles. The molecule has 0 radical (unpaired) electrons. The second-order valence-corrected chi connectivity index (χ2v) is 6.48. The Balaban J connectivity index is 2.13. The molecule has 0 saturated carbocycles. The molecule has 122 valence electrons. The predicted molar refractivity (Wildman–Crippen MR) is 102 cm³/mol. The monoisotopic (exact) mass is 383 g/mol. The first-order chi connectivity index (χ1) is 11.7. The molecule has 0 aliphatic carbocycles. The number of fused-ring (bicyclic) bond motifs is 1. The maximum Gasteiger partial charge on any atom is 0.282 e. The van der Waals surface area contributed by atoms with E-state index in [1.807, 2.05) is 42.5 Å². The third-order valence-corrected chi connectivity index (χ3v) is 4.24. The van der Waals surface area contributed by atoms with Gasteiger partial charge in [-0.05, 0) is 30.2 Å². The van der Waals surface area contributed by atoms with Crippen LogP contribution in [0.15, 0.2) is 62.9 Å². The quantitative estimate of drug-likeness (QED) is 0.613. The van der Waals surface area contributed by atoms with Gasteiger partial charge in [0.25, 0.3) is 5.56 Å². The summed E-state index contributed by atoms with van der Waals surface area (Å²) in [6.45, 7) is 2.12. The van der Waals surface area contributed by atoms with Gasteiger partial charge in [-0.25, -0.2) is 4.98 Å². The number of aryl methyl sites for hydroxylation is 1. The zero-order valence-corrected chi connectivity index (χ0v) is 15.0. The molecule has 0 spiro atoms. The number of rotatable bonds is 5. The molecule has 1 heterocycles. The van der Waals surface area contributed by atoms with Crippen molar-refractivity contribution in [1.29, 1.82) is 0 Å². The Morgan fingerprint density at radius 3 is 2.75 bits per heavy atom. The number of halogens is 1. The SMILES string of the molecule is CCCCc1nc2ccc(Br)cc2c(=O)n1N=Cc1ccccc1. The van der Waals surface area contributed by atoms with Crippen molar-refractivity contribution >= 4 is 33.0 Å². The second kappa shape index (κ2) is 7.53. The molecule has 24 heavy (non-hydrogen) atoms. The molecule has 0 bridgehead atoms. The van der Waals surface area contributed by atoms with E-state index < -0.39 is 0 Å². The summed E-state index contributed by atoms with van der Waals surface area (Å²) in [6, 6.07) is 15.3. The minimum absolute atomic E-state index is 0.139. The summed E-state index contributed by atoms with van der Waals surface area (Å²) < 4.78 is 2.28. The zero-order chi connectivity index (χ0) is 16.9. The fourth-order valence-electron chi connectivity index (χ4n) is 2.47. The molecule has 3 rings (SSSR count). The highest BCUT2D eigenvalue weighted by atomic mass is 79.9. The van der Waals surface area contributed by atoms with Crippen LogP contribution >= 0.6 is 15.9 Å². The Hall–Kier alpha value is -2.27. The smallest absolute Gasteiger partial charge is 0.267 e. The zero-order valence-electron chi connectivity index (χ0n) is 13.4. The topological polar surface area (TPSA) is 47.2 Å². The summed E-state index contributed by atoms with van der Waals surface area (Å²) in [5.41, 5.74) is 1.51. The first-order valence-electron chi connectivity index (χ1n) is 7.99. The third-order valence-electron chi connectivity index (χ3n) is 3.75. The van der Waals surface area contributed by atoms with Gasteiger partial charge in [-0.2, -0.15) is 9.78 Å². The molecule has 4 nitrogen and oxygen atoms in total. The summed E-state index contributed by atoms with van der Waals surface area (Å²) in [5.74, 6) is 0.698. The lowest BCUT2D eigenvalue weighted by molar-refractivity contribution is 0.675. The van der Waals surface area contributed by atoms with Crippen molar-refractivity contribution < 1.29 is 0 Å². The highest BCUT2D eigenvalue weighted by Gasteiger charge is 2.10. The van der Waals surface area contributed by atoms with E-state index in [1.54, 1.807) is 12.3 Å². The molecule has 0 N–H and O–H groups in total. The second-order valence-electron chi connectivity index (χ2n) is 5.57. The van der Waals surface area contributed by atoms with Crippen LogP contribution in [0.1, 0.15) is 31.2 Å². The van der Waals surface area contributed by atoms with Gasteiger partial charge in [0.05, 0.1) is 17.1 Å². The van der Waals surface area contributed by atoms with Gasteiger partial charge in [0.1, 0.15) is 5.82 Å². The van der Waals surface area contributed by atoms with E-state index in [0.717, 1.165) is 29.3 Å². The first-order valence-corrected chi connectivity index (χ1v) is 8.79. The minimum atomic E-state index is -0.139. The summed E-state index contributed by atoms with van der Waals surface area (Å²) in [6.07, 6.45) is 4.43. The van der Waals surface area contributed by atoms with E-state index in [4.69, 9.17) is 0 Å². The molecule has 0 aliphatic rings. The standard InChI is InChI=1S/C19H18BrN3O/c1-2-3-9-18-22-17-11-10-15(20)12-16(17)19(24)23(18)21-13-14-7-5-4-6-8-14/h4-8,10-13H,2-3,9H2,1H3.